The summed E-state index contributed by atoms with van der Waals surface area (Å²) < 4.78 is 19.0. The topological polar surface area (TPSA) is 29.5 Å². The molecule has 1 heterocycles. The highest BCUT2D eigenvalue weighted by atomic mass is 35.5. The van der Waals surface area contributed by atoms with E-state index >= 15 is 0 Å². The number of halogens is 3. The summed E-state index contributed by atoms with van der Waals surface area (Å²) in [5.74, 6) is -0.0708. The van der Waals surface area contributed by atoms with Gasteiger partial charge in [0.1, 0.15) is 17.7 Å². The smallest absolute Gasteiger partial charge is 0.128 e. The van der Waals surface area contributed by atoms with Crippen LogP contribution in [0.5, 0.6) is 5.75 Å². The Balaban J connectivity index is 2.00. The standard InChI is InChI=1S/C15H11Cl2FO2/c16-8-1-4-12(17)11(5-8)15-7-13(19)10-3-2-9(18)6-14(10)20-15/h1-6,13,15,19H,7H2/t13-,15?/m1/s1. The number of ether oxygens (including phenoxy) is 1. The number of aliphatic hydroxyl groups is 1. The minimum atomic E-state index is -0.723. The predicted molar refractivity (Wildman–Crippen MR) is 75.8 cm³/mol. The molecule has 3 rings (SSSR count). The van der Waals surface area contributed by atoms with E-state index in [9.17, 15) is 9.50 Å². The molecule has 1 N–H and O–H groups in total. The van der Waals surface area contributed by atoms with Gasteiger partial charge in [0, 0.05) is 33.7 Å². The van der Waals surface area contributed by atoms with Crippen molar-refractivity contribution in [2.24, 2.45) is 0 Å². The number of fused-ring (bicyclic) bond motifs is 1. The van der Waals surface area contributed by atoms with E-state index in [-0.39, 0.29) is 0 Å². The van der Waals surface area contributed by atoms with Gasteiger partial charge in [-0.25, -0.2) is 4.39 Å². The molecule has 20 heavy (non-hydrogen) atoms. The lowest BCUT2D eigenvalue weighted by Gasteiger charge is -2.30. The first-order chi connectivity index (χ1) is 9.54. The lowest BCUT2D eigenvalue weighted by Crippen LogP contribution is -2.19. The normalized spacial score (nSPS) is 21.2. The molecular weight excluding hydrogens is 302 g/mol. The van der Waals surface area contributed by atoms with Gasteiger partial charge in [-0.05, 0) is 30.3 Å². The Morgan fingerprint density at radius 3 is 2.70 bits per heavy atom. The summed E-state index contributed by atoms with van der Waals surface area (Å²) in [4.78, 5) is 0. The van der Waals surface area contributed by atoms with Crippen LogP contribution in [0.25, 0.3) is 0 Å². The van der Waals surface area contributed by atoms with Gasteiger partial charge < -0.3 is 9.84 Å². The Kier molecular flexibility index (Phi) is 3.59. The van der Waals surface area contributed by atoms with Crippen LogP contribution < -0.4 is 4.74 Å². The molecule has 2 nitrogen and oxygen atoms in total. The first kappa shape index (κ1) is 13.7. The zero-order valence-corrected chi connectivity index (χ0v) is 11.8. The van der Waals surface area contributed by atoms with Gasteiger partial charge >= 0.3 is 0 Å². The number of hydrogen-bond acceptors (Lipinski definition) is 2. The van der Waals surface area contributed by atoms with Crippen molar-refractivity contribution in [3.8, 4) is 5.75 Å². The van der Waals surface area contributed by atoms with Crippen LogP contribution in [0.4, 0.5) is 4.39 Å². The molecule has 2 aromatic rings. The molecule has 0 spiro atoms. The van der Waals surface area contributed by atoms with Crippen molar-refractivity contribution < 1.29 is 14.2 Å². The van der Waals surface area contributed by atoms with Gasteiger partial charge in [-0.3, -0.25) is 0 Å². The Morgan fingerprint density at radius 2 is 1.90 bits per heavy atom. The SMILES string of the molecule is O[C@@H]1CC(c2cc(Cl)ccc2Cl)Oc2cc(F)ccc21. The number of aliphatic hydroxyl groups excluding tert-OH is 1. The second kappa shape index (κ2) is 5.24. The maximum absolute atomic E-state index is 13.3. The van der Waals surface area contributed by atoms with E-state index in [4.69, 9.17) is 27.9 Å². The number of hydrogen-bond donors (Lipinski definition) is 1. The van der Waals surface area contributed by atoms with Crippen molar-refractivity contribution >= 4 is 23.2 Å². The molecule has 1 unspecified atom stereocenters. The highest BCUT2D eigenvalue weighted by Gasteiger charge is 2.29. The molecule has 1 aliphatic heterocycles. The molecular formula is C15H11Cl2FO2. The summed E-state index contributed by atoms with van der Waals surface area (Å²) >= 11 is 12.1. The third-order valence-corrected chi connectivity index (χ3v) is 3.93. The Labute approximate surface area is 125 Å². The highest BCUT2D eigenvalue weighted by molar-refractivity contribution is 6.33. The van der Waals surface area contributed by atoms with Gasteiger partial charge in [-0.1, -0.05) is 23.2 Å². The molecule has 0 aliphatic carbocycles. The fraction of sp³-hybridized carbons (Fsp3) is 0.200. The summed E-state index contributed by atoms with van der Waals surface area (Å²) in [6.45, 7) is 0. The molecule has 1 aliphatic rings. The van der Waals surface area contributed by atoms with E-state index < -0.39 is 18.0 Å². The van der Waals surface area contributed by atoms with Gasteiger partial charge in [0.2, 0.25) is 0 Å². The van der Waals surface area contributed by atoms with E-state index in [0.29, 0.717) is 33.3 Å². The zero-order chi connectivity index (χ0) is 14.3. The maximum atomic E-state index is 13.3. The average Bonchev–Trinajstić information content (AvgIpc) is 2.41. The Morgan fingerprint density at radius 1 is 1.10 bits per heavy atom. The summed E-state index contributed by atoms with van der Waals surface area (Å²) in [6, 6.07) is 9.16. The van der Waals surface area contributed by atoms with Crippen LogP contribution in [0.15, 0.2) is 36.4 Å². The van der Waals surface area contributed by atoms with Gasteiger partial charge in [0.25, 0.3) is 0 Å². The van der Waals surface area contributed by atoms with Crippen molar-refractivity contribution in [2.75, 3.05) is 0 Å². The molecule has 104 valence electrons. The van der Waals surface area contributed by atoms with E-state index in [1.165, 1.54) is 18.2 Å². The monoisotopic (exact) mass is 312 g/mol. The number of benzene rings is 2. The summed E-state index contributed by atoms with van der Waals surface area (Å²) in [7, 11) is 0. The van der Waals surface area contributed by atoms with Gasteiger partial charge in [0.15, 0.2) is 0 Å². The van der Waals surface area contributed by atoms with Crippen molar-refractivity contribution in [2.45, 2.75) is 18.6 Å². The Hall–Kier alpha value is -1.29. The van der Waals surface area contributed by atoms with E-state index in [1.54, 1.807) is 18.2 Å². The lowest BCUT2D eigenvalue weighted by atomic mass is 9.95. The first-order valence-corrected chi connectivity index (χ1v) is 6.89. The van der Waals surface area contributed by atoms with Crippen LogP contribution in [0, 0.1) is 5.82 Å². The zero-order valence-electron chi connectivity index (χ0n) is 10.3. The van der Waals surface area contributed by atoms with Gasteiger partial charge in [-0.2, -0.15) is 0 Å². The molecule has 2 atom stereocenters. The van der Waals surface area contributed by atoms with Crippen LogP contribution in [0.3, 0.4) is 0 Å². The molecule has 0 fully saturated rings. The van der Waals surface area contributed by atoms with E-state index in [2.05, 4.69) is 0 Å². The van der Waals surface area contributed by atoms with E-state index in [1.807, 2.05) is 0 Å². The Bertz CT molecular complexity index is 660. The van der Waals surface area contributed by atoms with Crippen molar-refractivity contribution in [3.05, 3.63) is 63.4 Å². The molecule has 0 amide bonds. The highest BCUT2D eigenvalue weighted by Crippen LogP contribution is 2.43. The molecule has 0 radical (unpaired) electrons. The minimum Gasteiger partial charge on any atom is -0.485 e. The predicted octanol–water partition coefficient (Wildman–Crippen LogP) is 4.69. The molecule has 5 heteroatoms. The van der Waals surface area contributed by atoms with Crippen LogP contribution in [0.2, 0.25) is 10.0 Å². The van der Waals surface area contributed by atoms with Crippen LogP contribution in [-0.2, 0) is 0 Å². The van der Waals surface area contributed by atoms with Crippen molar-refractivity contribution in [3.63, 3.8) is 0 Å². The molecule has 2 aromatic carbocycles. The van der Waals surface area contributed by atoms with Crippen LogP contribution >= 0.6 is 23.2 Å². The third kappa shape index (κ3) is 2.49. The maximum Gasteiger partial charge on any atom is 0.128 e. The molecule has 0 saturated heterocycles. The second-order valence-electron chi connectivity index (χ2n) is 4.71. The van der Waals surface area contributed by atoms with Crippen LogP contribution in [0.1, 0.15) is 29.8 Å². The summed E-state index contributed by atoms with van der Waals surface area (Å²) in [5, 5.41) is 11.2. The van der Waals surface area contributed by atoms with Crippen LogP contribution in [-0.4, -0.2) is 5.11 Å². The minimum absolute atomic E-state index is 0.338. The fourth-order valence-corrected chi connectivity index (χ4v) is 2.79. The van der Waals surface area contributed by atoms with Crippen molar-refractivity contribution in [1.29, 1.82) is 0 Å². The van der Waals surface area contributed by atoms with E-state index in [0.717, 1.165) is 0 Å². The average molecular weight is 313 g/mol. The summed E-state index contributed by atoms with van der Waals surface area (Å²) in [6.07, 6.45) is -0.830. The second-order valence-corrected chi connectivity index (χ2v) is 5.55. The first-order valence-electron chi connectivity index (χ1n) is 6.13. The van der Waals surface area contributed by atoms with Gasteiger partial charge in [-0.15, -0.1) is 0 Å². The molecule has 0 bridgehead atoms. The van der Waals surface area contributed by atoms with Crippen molar-refractivity contribution in [1.82, 2.24) is 0 Å². The molecule has 0 aromatic heterocycles. The fourth-order valence-electron chi connectivity index (χ4n) is 2.37. The molecule has 0 saturated carbocycles. The summed E-state index contributed by atoms with van der Waals surface area (Å²) in [5.41, 5.74) is 1.27. The third-order valence-electron chi connectivity index (χ3n) is 3.35. The quantitative estimate of drug-likeness (QED) is 0.827. The van der Waals surface area contributed by atoms with Gasteiger partial charge in [0.05, 0.1) is 6.10 Å². The lowest BCUT2D eigenvalue weighted by molar-refractivity contribution is 0.0654. The largest absolute Gasteiger partial charge is 0.485 e. The number of rotatable bonds is 1.